The molecule has 0 aliphatic heterocycles. The molecule has 0 atom stereocenters. The van der Waals surface area contributed by atoms with Crippen molar-refractivity contribution in [2.24, 2.45) is 0 Å². The summed E-state index contributed by atoms with van der Waals surface area (Å²) < 4.78 is 39.3. The van der Waals surface area contributed by atoms with Crippen LogP contribution in [0.25, 0.3) is 5.82 Å². The van der Waals surface area contributed by atoms with E-state index in [0.717, 1.165) is 12.1 Å². The third-order valence-electron chi connectivity index (χ3n) is 2.18. The number of anilines is 1. The molecule has 2 heterocycles. The molecule has 2 aromatic heterocycles. The topological polar surface area (TPSA) is 42.7 Å². The molecule has 0 radical (unpaired) electrons. The molecule has 0 amide bonds. The predicted octanol–water partition coefficient (Wildman–Crippen LogP) is 2.98. The Balaban J connectivity index is 2.54. The molecule has 0 saturated heterocycles. The van der Waals surface area contributed by atoms with Crippen molar-refractivity contribution < 1.29 is 13.2 Å². The van der Waals surface area contributed by atoms with Gasteiger partial charge in [-0.15, -0.1) is 0 Å². The Morgan fingerprint density at radius 1 is 1.33 bits per heavy atom. The standard InChI is InChI=1S/C10H8ClF3N4/c1-15-8-2-6(10(12,13)14)3-9(17-8)18-5-7(11)4-16-18/h2-5H,1H3,(H,15,17). The number of alkyl halides is 3. The number of hydrogen-bond donors (Lipinski definition) is 1. The molecule has 0 fully saturated rings. The van der Waals surface area contributed by atoms with Crippen LogP contribution in [-0.2, 0) is 6.18 Å². The molecule has 0 spiro atoms. The second-order valence-electron chi connectivity index (χ2n) is 3.45. The Morgan fingerprint density at radius 2 is 2.06 bits per heavy atom. The van der Waals surface area contributed by atoms with Gasteiger partial charge in [0.2, 0.25) is 0 Å². The first-order valence-corrected chi connectivity index (χ1v) is 5.25. The average Bonchev–Trinajstić information content (AvgIpc) is 2.74. The minimum absolute atomic E-state index is 0.0427. The van der Waals surface area contributed by atoms with Gasteiger partial charge >= 0.3 is 6.18 Å². The first kappa shape index (κ1) is 12.7. The monoisotopic (exact) mass is 276 g/mol. The van der Waals surface area contributed by atoms with Gasteiger partial charge in [-0.05, 0) is 12.1 Å². The van der Waals surface area contributed by atoms with Gasteiger partial charge in [0.1, 0.15) is 5.82 Å². The molecule has 4 nitrogen and oxygen atoms in total. The highest BCUT2D eigenvalue weighted by atomic mass is 35.5. The smallest absolute Gasteiger partial charge is 0.373 e. The predicted molar refractivity (Wildman–Crippen MR) is 60.9 cm³/mol. The number of halogens is 4. The Hall–Kier alpha value is -1.76. The van der Waals surface area contributed by atoms with E-state index in [2.05, 4.69) is 15.4 Å². The van der Waals surface area contributed by atoms with Crippen LogP contribution in [0.3, 0.4) is 0 Å². The van der Waals surface area contributed by atoms with E-state index in [1.165, 1.54) is 24.1 Å². The molecule has 0 aromatic carbocycles. The van der Waals surface area contributed by atoms with E-state index in [1.807, 2.05) is 0 Å². The van der Waals surface area contributed by atoms with Crippen LogP contribution < -0.4 is 5.32 Å². The first-order chi connectivity index (χ1) is 8.40. The summed E-state index contributed by atoms with van der Waals surface area (Å²) in [5.41, 5.74) is -0.802. The third-order valence-corrected chi connectivity index (χ3v) is 2.38. The molecular weight excluding hydrogens is 269 g/mol. The molecule has 0 bridgehead atoms. The average molecular weight is 277 g/mol. The number of aromatic nitrogens is 3. The lowest BCUT2D eigenvalue weighted by molar-refractivity contribution is -0.137. The van der Waals surface area contributed by atoms with Crippen LogP contribution in [0.4, 0.5) is 19.0 Å². The van der Waals surface area contributed by atoms with Crippen LogP contribution >= 0.6 is 11.6 Å². The van der Waals surface area contributed by atoms with Gasteiger partial charge in [-0.25, -0.2) is 9.67 Å². The summed E-state index contributed by atoms with van der Waals surface area (Å²) in [5.74, 6) is 0.146. The van der Waals surface area contributed by atoms with E-state index >= 15 is 0 Å². The highest BCUT2D eigenvalue weighted by Crippen LogP contribution is 2.31. The van der Waals surface area contributed by atoms with Crippen molar-refractivity contribution in [1.82, 2.24) is 14.8 Å². The lowest BCUT2D eigenvalue weighted by Gasteiger charge is -2.11. The Morgan fingerprint density at radius 3 is 2.56 bits per heavy atom. The normalized spacial score (nSPS) is 11.6. The van der Waals surface area contributed by atoms with Gasteiger partial charge in [0.05, 0.1) is 23.0 Å². The summed E-state index contributed by atoms with van der Waals surface area (Å²) in [5, 5.41) is 6.70. The summed E-state index contributed by atoms with van der Waals surface area (Å²) in [6, 6.07) is 1.83. The fourth-order valence-electron chi connectivity index (χ4n) is 1.35. The van der Waals surface area contributed by atoms with Crippen molar-refractivity contribution in [2.75, 3.05) is 12.4 Å². The summed E-state index contributed by atoms with van der Waals surface area (Å²) in [6.07, 6.45) is -1.74. The fraction of sp³-hybridized carbons (Fsp3) is 0.200. The van der Waals surface area contributed by atoms with Gasteiger partial charge in [0, 0.05) is 7.05 Å². The van der Waals surface area contributed by atoms with E-state index in [4.69, 9.17) is 11.6 Å². The zero-order valence-corrected chi connectivity index (χ0v) is 9.92. The van der Waals surface area contributed by atoms with Crippen molar-refractivity contribution in [2.45, 2.75) is 6.18 Å². The molecule has 0 saturated carbocycles. The molecule has 18 heavy (non-hydrogen) atoms. The van der Waals surface area contributed by atoms with Gasteiger partial charge in [-0.1, -0.05) is 11.6 Å². The van der Waals surface area contributed by atoms with E-state index in [-0.39, 0.29) is 11.6 Å². The molecule has 0 unspecified atom stereocenters. The van der Waals surface area contributed by atoms with Crippen molar-refractivity contribution >= 4 is 17.4 Å². The maximum Gasteiger partial charge on any atom is 0.416 e. The quantitative estimate of drug-likeness (QED) is 0.917. The van der Waals surface area contributed by atoms with Gasteiger partial charge in [0.25, 0.3) is 0 Å². The first-order valence-electron chi connectivity index (χ1n) is 4.88. The summed E-state index contributed by atoms with van der Waals surface area (Å²) in [6.45, 7) is 0. The van der Waals surface area contributed by atoms with Crippen molar-refractivity contribution in [3.63, 3.8) is 0 Å². The zero-order chi connectivity index (χ0) is 13.3. The van der Waals surface area contributed by atoms with Crippen molar-refractivity contribution in [1.29, 1.82) is 0 Å². The number of nitrogens with one attached hydrogen (secondary N) is 1. The molecule has 2 aromatic rings. The second kappa shape index (κ2) is 4.49. The van der Waals surface area contributed by atoms with E-state index in [9.17, 15) is 13.2 Å². The van der Waals surface area contributed by atoms with Crippen LogP contribution in [0, 0.1) is 0 Å². The van der Waals surface area contributed by atoms with Gasteiger partial charge < -0.3 is 5.32 Å². The Kier molecular flexibility index (Phi) is 3.16. The number of hydrogen-bond acceptors (Lipinski definition) is 3. The molecule has 8 heteroatoms. The minimum Gasteiger partial charge on any atom is -0.373 e. The summed E-state index contributed by atoms with van der Waals surface area (Å²) >= 11 is 5.66. The minimum atomic E-state index is -4.44. The highest BCUT2D eigenvalue weighted by molar-refractivity contribution is 6.30. The van der Waals surface area contributed by atoms with Gasteiger partial charge in [-0.3, -0.25) is 0 Å². The summed E-state index contributed by atoms with van der Waals surface area (Å²) in [4.78, 5) is 3.98. The van der Waals surface area contributed by atoms with Gasteiger partial charge in [-0.2, -0.15) is 18.3 Å². The number of rotatable bonds is 2. The highest BCUT2D eigenvalue weighted by Gasteiger charge is 2.31. The SMILES string of the molecule is CNc1cc(C(F)(F)F)cc(-n2cc(Cl)cn2)n1. The van der Waals surface area contributed by atoms with Gasteiger partial charge in [0.15, 0.2) is 5.82 Å². The molecule has 2 rings (SSSR count). The lowest BCUT2D eigenvalue weighted by Crippen LogP contribution is -2.10. The molecule has 0 aliphatic rings. The van der Waals surface area contributed by atoms with Crippen molar-refractivity contribution in [3.8, 4) is 5.82 Å². The number of pyridine rings is 1. The second-order valence-corrected chi connectivity index (χ2v) is 3.89. The Labute approximate surface area is 105 Å². The van der Waals surface area contributed by atoms with E-state index < -0.39 is 11.7 Å². The van der Waals surface area contributed by atoms with Crippen molar-refractivity contribution in [3.05, 3.63) is 35.1 Å². The third kappa shape index (κ3) is 2.56. The van der Waals surface area contributed by atoms with Crippen LogP contribution in [-0.4, -0.2) is 21.8 Å². The molecule has 1 N–H and O–H groups in total. The van der Waals surface area contributed by atoms with Crippen LogP contribution in [0.15, 0.2) is 24.5 Å². The van der Waals surface area contributed by atoms with Crippen LogP contribution in [0.2, 0.25) is 5.02 Å². The zero-order valence-electron chi connectivity index (χ0n) is 9.16. The van der Waals surface area contributed by atoms with E-state index in [1.54, 1.807) is 0 Å². The maximum absolute atomic E-state index is 12.7. The molecular formula is C10H8ClF3N4. The van der Waals surface area contributed by atoms with Crippen LogP contribution in [0.5, 0.6) is 0 Å². The molecule has 0 aliphatic carbocycles. The summed E-state index contributed by atoms with van der Waals surface area (Å²) in [7, 11) is 1.49. The van der Waals surface area contributed by atoms with Crippen LogP contribution in [0.1, 0.15) is 5.56 Å². The Bertz CT molecular complexity index is 564. The lowest BCUT2D eigenvalue weighted by atomic mass is 10.2. The fourth-order valence-corrected chi connectivity index (χ4v) is 1.49. The maximum atomic E-state index is 12.7. The number of nitrogens with zero attached hydrogens (tertiary/aromatic N) is 3. The largest absolute Gasteiger partial charge is 0.416 e. The van der Waals surface area contributed by atoms with E-state index in [0.29, 0.717) is 5.02 Å². The molecule has 96 valence electrons.